The van der Waals surface area contributed by atoms with E-state index in [1.807, 2.05) is 42.5 Å². The number of methoxy groups -OCH3 is 1. The molecule has 0 spiro atoms. The van der Waals surface area contributed by atoms with Gasteiger partial charge in [0, 0.05) is 36.6 Å². The molecule has 0 radical (unpaired) electrons. The van der Waals surface area contributed by atoms with Crippen LogP contribution in [-0.2, 0) is 16.1 Å². The third-order valence-electron chi connectivity index (χ3n) is 3.78. The number of amides is 2. The van der Waals surface area contributed by atoms with Crippen LogP contribution in [0.25, 0.3) is 0 Å². The van der Waals surface area contributed by atoms with Crippen molar-refractivity contribution in [2.45, 2.75) is 11.4 Å². The fourth-order valence-corrected chi connectivity index (χ4v) is 3.54. The lowest BCUT2D eigenvalue weighted by Gasteiger charge is -2.19. The molecule has 0 saturated heterocycles. The molecule has 2 aromatic rings. The third-order valence-corrected chi connectivity index (χ3v) is 5.39. The quantitative estimate of drug-likeness (QED) is 0.468. The van der Waals surface area contributed by atoms with Crippen LogP contribution in [0, 0.1) is 0 Å². The molecule has 0 heterocycles. The smallest absolute Gasteiger partial charge is 0.255 e. The van der Waals surface area contributed by atoms with Crippen molar-refractivity contribution in [1.29, 1.82) is 0 Å². The molecule has 0 aliphatic carbocycles. The summed E-state index contributed by atoms with van der Waals surface area (Å²) in [6.07, 6.45) is 0. The van der Waals surface area contributed by atoms with Crippen molar-refractivity contribution < 1.29 is 14.3 Å². The molecule has 0 unspecified atom stereocenters. The summed E-state index contributed by atoms with van der Waals surface area (Å²) in [4.78, 5) is 27.2. The van der Waals surface area contributed by atoms with E-state index in [1.54, 1.807) is 25.1 Å². The summed E-state index contributed by atoms with van der Waals surface area (Å²) in [5.41, 5.74) is 1.66. The molecule has 2 rings (SSSR count). The Kier molecular flexibility index (Phi) is 8.84. The number of hydrogen-bond donors (Lipinski definition) is 1. The maximum atomic E-state index is 12.9. The van der Waals surface area contributed by atoms with Crippen LogP contribution in [0.4, 0.5) is 0 Å². The van der Waals surface area contributed by atoms with Gasteiger partial charge in [-0.05, 0) is 29.8 Å². The molecule has 1 N–H and O–H groups in total. The van der Waals surface area contributed by atoms with Crippen LogP contribution in [-0.4, -0.2) is 49.8 Å². The Bertz CT molecular complexity index is 768. The fourth-order valence-electron chi connectivity index (χ4n) is 2.40. The van der Waals surface area contributed by atoms with Gasteiger partial charge in [0.05, 0.1) is 17.9 Å². The molecule has 144 valence electrons. The predicted molar refractivity (Wildman–Crippen MR) is 112 cm³/mol. The number of hydrogen-bond acceptors (Lipinski definition) is 4. The highest BCUT2D eigenvalue weighted by Gasteiger charge is 2.17. The van der Waals surface area contributed by atoms with Crippen LogP contribution in [0.2, 0.25) is 0 Å². The molecule has 0 aliphatic rings. The first-order chi connectivity index (χ1) is 13.0. The Morgan fingerprint density at radius 1 is 1.15 bits per heavy atom. The van der Waals surface area contributed by atoms with Crippen molar-refractivity contribution in [3.8, 4) is 0 Å². The summed E-state index contributed by atoms with van der Waals surface area (Å²) in [5, 5.41) is 2.78. The van der Waals surface area contributed by atoms with E-state index in [0.29, 0.717) is 25.3 Å². The molecular formula is C20H23BrN2O3S. The van der Waals surface area contributed by atoms with Gasteiger partial charge in [-0.25, -0.2) is 0 Å². The van der Waals surface area contributed by atoms with Crippen molar-refractivity contribution in [2.75, 3.05) is 33.1 Å². The van der Waals surface area contributed by atoms with Crippen molar-refractivity contribution in [3.63, 3.8) is 0 Å². The standard InChI is InChI=1S/C20H23BrN2O3S/c1-23(13-15-7-9-16(21)10-8-15)20(25)17-5-3-4-6-18(17)27-14-19(24)22-11-12-26-2/h3-10H,11-14H2,1-2H3,(H,22,24). The summed E-state index contributed by atoms with van der Waals surface area (Å²) < 4.78 is 5.92. The highest BCUT2D eigenvalue weighted by Crippen LogP contribution is 2.24. The Morgan fingerprint density at radius 3 is 2.56 bits per heavy atom. The molecule has 7 heteroatoms. The first kappa shape index (κ1) is 21.5. The second kappa shape index (κ2) is 11.1. The van der Waals surface area contributed by atoms with Gasteiger partial charge in [0.25, 0.3) is 5.91 Å². The van der Waals surface area contributed by atoms with Gasteiger partial charge in [0.1, 0.15) is 0 Å². The zero-order chi connectivity index (χ0) is 19.6. The predicted octanol–water partition coefficient (Wildman–Crippen LogP) is 3.58. The fraction of sp³-hybridized carbons (Fsp3) is 0.300. The number of carbonyl (C=O) groups is 2. The average molecular weight is 451 g/mol. The van der Waals surface area contributed by atoms with Crippen LogP contribution < -0.4 is 5.32 Å². The van der Waals surface area contributed by atoms with E-state index in [4.69, 9.17) is 4.74 Å². The zero-order valence-corrected chi connectivity index (χ0v) is 17.8. The molecule has 0 aromatic heterocycles. The van der Waals surface area contributed by atoms with Gasteiger partial charge >= 0.3 is 0 Å². The summed E-state index contributed by atoms with van der Waals surface area (Å²) in [5.74, 6) is 0.105. The topological polar surface area (TPSA) is 58.6 Å². The molecule has 2 aromatic carbocycles. The number of ether oxygens (including phenoxy) is 1. The number of halogens is 1. The second-order valence-electron chi connectivity index (χ2n) is 5.92. The lowest BCUT2D eigenvalue weighted by atomic mass is 10.1. The first-order valence-electron chi connectivity index (χ1n) is 8.48. The molecule has 0 fully saturated rings. The van der Waals surface area contributed by atoms with E-state index in [2.05, 4.69) is 21.2 Å². The van der Waals surface area contributed by atoms with Crippen molar-refractivity contribution in [3.05, 3.63) is 64.1 Å². The van der Waals surface area contributed by atoms with Gasteiger partial charge in [0.15, 0.2) is 0 Å². The Labute approximate surface area is 172 Å². The number of rotatable bonds is 9. The normalized spacial score (nSPS) is 10.5. The van der Waals surface area contributed by atoms with Crippen LogP contribution in [0.3, 0.4) is 0 Å². The molecule has 0 aliphatic heterocycles. The molecule has 0 bridgehead atoms. The van der Waals surface area contributed by atoms with E-state index >= 15 is 0 Å². The highest BCUT2D eigenvalue weighted by atomic mass is 79.9. The second-order valence-corrected chi connectivity index (χ2v) is 7.85. The minimum Gasteiger partial charge on any atom is -0.383 e. The summed E-state index contributed by atoms with van der Waals surface area (Å²) in [7, 11) is 3.37. The maximum Gasteiger partial charge on any atom is 0.255 e. The van der Waals surface area contributed by atoms with Gasteiger partial charge in [-0.1, -0.05) is 40.2 Å². The summed E-state index contributed by atoms with van der Waals surface area (Å²) >= 11 is 4.77. The average Bonchev–Trinajstić information content (AvgIpc) is 2.68. The molecule has 2 amide bonds. The van der Waals surface area contributed by atoms with Crippen molar-refractivity contribution in [1.82, 2.24) is 10.2 Å². The number of nitrogens with one attached hydrogen (secondary N) is 1. The Hall–Kier alpha value is -1.83. The number of benzene rings is 2. The molecule has 0 saturated carbocycles. The SMILES string of the molecule is COCCNC(=O)CSc1ccccc1C(=O)N(C)Cc1ccc(Br)cc1. The number of thioether (sulfide) groups is 1. The van der Waals surface area contributed by atoms with E-state index in [-0.39, 0.29) is 17.6 Å². The van der Waals surface area contributed by atoms with Crippen LogP contribution in [0.15, 0.2) is 57.9 Å². The van der Waals surface area contributed by atoms with Gasteiger partial charge in [-0.2, -0.15) is 0 Å². The van der Waals surface area contributed by atoms with E-state index < -0.39 is 0 Å². The monoisotopic (exact) mass is 450 g/mol. The lowest BCUT2D eigenvalue weighted by Crippen LogP contribution is -2.29. The van der Waals surface area contributed by atoms with E-state index in [1.165, 1.54) is 11.8 Å². The van der Waals surface area contributed by atoms with Crippen LogP contribution in [0.5, 0.6) is 0 Å². The van der Waals surface area contributed by atoms with Gasteiger partial charge < -0.3 is 15.0 Å². The van der Waals surface area contributed by atoms with Crippen molar-refractivity contribution >= 4 is 39.5 Å². The Morgan fingerprint density at radius 2 is 1.85 bits per heavy atom. The Balaban J connectivity index is 1.99. The minimum absolute atomic E-state index is 0.0687. The maximum absolute atomic E-state index is 12.9. The summed E-state index contributed by atoms with van der Waals surface area (Å²) in [6.45, 7) is 1.47. The molecule has 0 atom stereocenters. The largest absolute Gasteiger partial charge is 0.383 e. The van der Waals surface area contributed by atoms with E-state index in [0.717, 1.165) is 14.9 Å². The van der Waals surface area contributed by atoms with Gasteiger partial charge in [-0.15, -0.1) is 11.8 Å². The summed E-state index contributed by atoms with van der Waals surface area (Å²) in [6, 6.07) is 15.3. The molecule has 27 heavy (non-hydrogen) atoms. The number of nitrogens with zero attached hydrogens (tertiary/aromatic N) is 1. The van der Waals surface area contributed by atoms with Gasteiger partial charge in [-0.3, -0.25) is 9.59 Å². The number of carbonyl (C=O) groups excluding carboxylic acids is 2. The molecule has 5 nitrogen and oxygen atoms in total. The minimum atomic E-state index is -0.0810. The van der Waals surface area contributed by atoms with Crippen LogP contribution >= 0.6 is 27.7 Å². The molecular weight excluding hydrogens is 428 g/mol. The zero-order valence-electron chi connectivity index (χ0n) is 15.4. The lowest BCUT2D eigenvalue weighted by molar-refractivity contribution is -0.118. The van der Waals surface area contributed by atoms with Crippen molar-refractivity contribution in [2.24, 2.45) is 0 Å². The first-order valence-corrected chi connectivity index (χ1v) is 10.3. The highest BCUT2D eigenvalue weighted by molar-refractivity contribution is 9.10. The van der Waals surface area contributed by atoms with Crippen LogP contribution in [0.1, 0.15) is 15.9 Å². The third kappa shape index (κ3) is 7.01. The van der Waals surface area contributed by atoms with Gasteiger partial charge in [0.2, 0.25) is 5.91 Å². The van der Waals surface area contributed by atoms with E-state index in [9.17, 15) is 9.59 Å².